The Morgan fingerprint density at radius 2 is 2.12 bits per heavy atom. The third-order valence-corrected chi connectivity index (χ3v) is 3.30. The molecular weight excluding hydrogens is 319 g/mol. The summed E-state index contributed by atoms with van der Waals surface area (Å²) >= 11 is 0. The predicted octanol–water partition coefficient (Wildman–Crippen LogP) is 0.595. The lowest BCUT2D eigenvalue weighted by atomic mass is 10.1. The normalized spacial score (nSPS) is 10.8. The molecule has 0 aliphatic rings. The molecule has 0 aliphatic carbocycles. The number of amides is 1. The number of nitrogens with zero attached hydrogens (tertiary/aromatic N) is 5. The van der Waals surface area contributed by atoms with Gasteiger partial charge in [0.2, 0.25) is 0 Å². The van der Waals surface area contributed by atoms with E-state index in [1.807, 2.05) is 0 Å². The van der Waals surface area contributed by atoms with E-state index in [-0.39, 0.29) is 29.5 Å². The average Bonchev–Trinajstić information content (AvgIpc) is 3.03. The Hall–Kier alpha value is -3.43. The molecule has 0 unspecified atom stereocenters. The van der Waals surface area contributed by atoms with E-state index in [9.17, 15) is 14.0 Å². The van der Waals surface area contributed by atoms with Gasteiger partial charge >= 0.3 is 5.97 Å². The summed E-state index contributed by atoms with van der Waals surface area (Å²) in [6.45, 7) is 1.76. The number of benzene rings is 1. The zero-order chi connectivity index (χ0) is 17.3. The Bertz CT molecular complexity index is 955. The molecule has 1 amide bonds. The van der Waals surface area contributed by atoms with E-state index >= 15 is 0 Å². The molecule has 0 fully saturated rings. The maximum atomic E-state index is 13.2. The van der Waals surface area contributed by atoms with Gasteiger partial charge in [-0.1, -0.05) is 17.2 Å². The standard InChI is InChI=1S/C14H11FN6O3/c1-7-4-8(2-3-9(7)15)6-16-12(22)10-5-11(13(23)24)21-14(17-10)18-19-20-21/h2-5H,6H2,1H3,(H,16,22)(H,23,24). The second-order valence-corrected chi connectivity index (χ2v) is 4.99. The van der Waals surface area contributed by atoms with Crippen molar-refractivity contribution in [2.45, 2.75) is 13.5 Å². The number of carboxylic acid groups (broad SMARTS) is 1. The first-order valence-electron chi connectivity index (χ1n) is 6.81. The third-order valence-electron chi connectivity index (χ3n) is 3.30. The van der Waals surface area contributed by atoms with Crippen LogP contribution in [0.25, 0.3) is 5.78 Å². The number of fused-ring (bicyclic) bond motifs is 1. The zero-order valence-corrected chi connectivity index (χ0v) is 12.4. The van der Waals surface area contributed by atoms with Crippen LogP contribution in [0.3, 0.4) is 0 Å². The lowest BCUT2D eigenvalue weighted by Gasteiger charge is -2.07. The fraction of sp³-hybridized carbons (Fsp3) is 0.143. The molecule has 0 saturated carbocycles. The zero-order valence-electron chi connectivity index (χ0n) is 12.4. The maximum absolute atomic E-state index is 13.2. The van der Waals surface area contributed by atoms with Crippen molar-refractivity contribution in [3.8, 4) is 0 Å². The number of hydrogen-bond acceptors (Lipinski definition) is 6. The highest BCUT2D eigenvalue weighted by Crippen LogP contribution is 2.10. The number of halogens is 1. The van der Waals surface area contributed by atoms with Crippen molar-refractivity contribution in [1.82, 2.24) is 30.3 Å². The molecule has 3 rings (SSSR count). The van der Waals surface area contributed by atoms with E-state index in [1.165, 1.54) is 6.07 Å². The van der Waals surface area contributed by atoms with Crippen LogP contribution in [0.15, 0.2) is 24.3 Å². The van der Waals surface area contributed by atoms with Crippen molar-refractivity contribution >= 4 is 17.7 Å². The van der Waals surface area contributed by atoms with Crippen molar-refractivity contribution in [3.63, 3.8) is 0 Å². The minimum atomic E-state index is -1.29. The van der Waals surface area contributed by atoms with E-state index in [0.717, 1.165) is 10.6 Å². The third kappa shape index (κ3) is 2.89. The van der Waals surface area contributed by atoms with E-state index in [1.54, 1.807) is 19.1 Å². The van der Waals surface area contributed by atoms with Crippen LogP contribution in [-0.2, 0) is 6.54 Å². The molecule has 0 spiro atoms. The van der Waals surface area contributed by atoms with Crippen LogP contribution in [0, 0.1) is 12.7 Å². The molecular formula is C14H11FN6O3. The molecule has 10 heteroatoms. The van der Waals surface area contributed by atoms with Crippen molar-refractivity contribution in [3.05, 3.63) is 52.6 Å². The Labute approximate surface area is 134 Å². The summed E-state index contributed by atoms with van der Waals surface area (Å²) in [5, 5.41) is 22.1. The number of carbonyl (C=O) groups excluding carboxylic acids is 1. The lowest BCUT2D eigenvalue weighted by molar-refractivity contribution is 0.0687. The molecule has 2 N–H and O–H groups in total. The number of tetrazole rings is 1. The summed E-state index contributed by atoms with van der Waals surface area (Å²) in [5.74, 6) is -2.32. The largest absolute Gasteiger partial charge is 0.477 e. The molecule has 9 nitrogen and oxygen atoms in total. The molecule has 0 radical (unpaired) electrons. The van der Waals surface area contributed by atoms with Gasteiger partial charge in [0, 0.05) is 12.6 Å². The fourth-order valence-electron chi connectivity index (χ4n) is 2.10. The number of aryl methyl sites for hydroxylation is 1. The summed E-state index contributed by atoms with van der Waals surface area (Å²) in [7, 11) is 0. The van der Waals surface area contributed by atoms with Gasteiger partial charge in [0.25, 0.3) is 11.7 Å². The summed E-state index contributed by atoms with van der Waals surface area (Å²) in [6, 6.07) is 5.55. The van der Waals surface area contributed by atoms with Gasteiger partial charge < -0.3 is 10.4 Å². The van der Waals surface area contributed by atoms with Gasteiger partial charge in [0.15, 0.2) is 5.69 Å². The average molecular weight is 330 g/mol. The van der Waals surface area contributed by atoms with Crippen molar-refractivity contribution in [2.24, 2.45) is 0 Å². The second-order valence-electron chi connectivity index (χ2n) is 4.99. The number of aromatic nitrogens is 5. The highest BCUT2D eigenvalue weighted by atomic mass is 19.1. The van der Waals surface area contributed by atoms with E-state index in [0.29, 0.717) is 11.1 Å². The fourth-order valence-corrected chi connectivity index (χ4v) is 2.10. The highest BCUT2D eigenvalue weighted by Gasteiger charge is 2.18. The minimum absolute atomic E-state index is 0.0994. The van der Waals surface area contributed by atoms with Gasteiger partial charge in [-0.3, -0.25) is 4.79 Å². The maximum Gasteiger partial charge on any atom is 0.354 e. The summed E-state index contributed by atoms with van der Waals surface area (Å²) < 4.78 is 14.1. The smallest absolute Gasteiger partial charge is 0.354 e. The van der Waals surface area contributed by atoms with Crippen LogP contribution in [0.4, 0.5) is 4.39 Å². The second kappa shape index (κ2) is 5.99. The highest BCUT2D eigenvalue weighted by molar-refractivity contribution is 5.95. The molecule has 2 heterocycles. The number of carboxylic acids is 1. The van der Waals surface area contributed by atoms with Crippen LogP contribution in [0.1, 0.15) is 32.1 Å². The number of carbonyl (C=O) groups is 2. The number of rotatable bonds is 4. The van der Waals surface area contributed by atoms with Crippen LogP contribution >= 0.6 is 0 Å². The van der Waals surface area contributed by atoms with Crippen LogP contribution in [0.2, 0.25) is 0 Å². The minimum Gasteiger partial charge on any atom is -0.477 e. The van der Waals surface area contributed by atoms with Crippen molar-refractivity contribution in [2.75, 3.05) is 0 Å². The van der Waals surface area contributed by atoms with Gasteiger partial charge in [0.05, 0.1) is 0 Å². The van der Waals surface area contributed by atoms with E-state index in [2.05, 4.69) is 25.8 Å². The van der Waals surface area contributed by atoms with Gasteiger partial charge in [-0.15, -0.1) is 0 Å². The first-order valence-corrected chi connectivity index (χ1v) is 6.81. The van der Waals surface area contributed by atoms with Crippen molar-refractivity contribution < 1.29 is 19.1 Å². The van der Waals surface area contributed by atoms with Gasteiger partial charge in [-0.05, 0) is 34.5 Å². The Kier molecular flexibility index (Phi) is 3.86. The molecule has 3 aromatic rings. The number of hydrogen-bond donors (Lipinski definition) is 2. The van der Waals surface area contributed by atoms with Crippen LogP contribution < -0.4 is 5.32 Å². The molecule has 0 saturated heterocycles. The number of aromatic carboxylic acids is 1. The van der Waals surface area contributed by atoms with Gasteiger partial charge in [0.1, 0.15) is 11.5 Å². The molecule has 0 aliphatic heterocycles. The summed E-state index contributed by atoms with van der Waals surface area (Å²) in [6.07, 6.45) is 0. The summed E-state index contributed by atoms with van der Waals surface area (Å²) in [5.41, 5.74) is 0.747. The molecule has 0 bridgehead atoms. The van der Waals surface area contributed by atoms with Gasteiger partial charge in [-0.2, -0.15) is 4.52 Å². The molecule has 122 valence electrons. The Morgan fingerprint density at radius 3 is 2.83 bits per heavy atom. The SMILES string of the molecule is Cc1cc(CNC(=O)c2cc(C(=O)O)n3nnnc3n2)ccc1F. The molecule has 2 aromatic heterocycles. The molecule has 1 aromatic carbocycles. The van der Waals surface area contributed by atoms with Gasteiger partial charge in [-0.25, -0.2) is 14.2 Å². The predicted molar refractivity (Wildman–Crippen MR) is 77.8 cm³/mol. The molecule has 24 heavy (non-hydrogen) atoms. The quantitative estimate of drug-likeness (QED) is 0.718. The Balaban J connectivity index is 1.83. The van der Waals surface area contributed by atoms with E-state index in [4.69, 9.17) is 5.11 Å². The van der Waals surface area contributed by atoms with Crippen LogP contribution in [-0.4, -0.2) is 42.0 Å². The first kappa shape index (κ1) is 15.5. The topological polar surface area (TPSA) is 122 Å². The first-order chi connectivity index (χ1) is 11.5. The van der Waals surface area contributed by atoms with E-state index < -0.39 is 11.9 Å². The summed E-state index contributed by atoms with van der Waals surface area (Å²) in [4.78, 5) is 27.3. The molecule has 0 atom stereocenters. The Morgan fingerprint density at radius 1 is 1.33 bits per heavy atom. The lowest BCUT2D eigenvalue weighted by Crippen LogP contribution is -2.25. The monoisotopic (exact) mass is 330 g/mol. The van der Waals surface area contributed by atoms with Crippen LogP contribution in [0.5, 0.6) is 0 Å². The van der Waals surface area contributed by atoms with Crippen molar-refractivity contribution in [1.29, 1.82) is 0 Å². The number of nitrogens with one attached hydrogen (secondary N) is 1.